The van der Waals surface area contributed by atoms with Gasteiger partial charge in [0.15, 0.2) is 11.5 Å². The van der Waals surface area contributed by atoms with Crippen molar-refractivity contribution in [2.24, 2.45) is 0 Å². The average Bonchev–Trinajstić information content (AvgIpc) is 2.99. The van der Waals surface area contributed by atoms with Gasteiger partial charge in [0.1, 0.15) is 65.7 Å². The second-order valence-corrected chi connectivity index (χ2v) is 10.3. The van der Waals surface area contributed by atoms with Gasteiger partial charge >= 0.3 is 11.3 Å². The fraction of sp³-hybridized carbons (Fsp3) is 0.444. The predicted molar refractivity (Wildman–Crippen MR) is 142 cm³/mol. The summed E-state index contributed by atoms with van der Waals surface area (Å²) in [5.41, 5.74) is -0.258. The van der Waals surface area contributed by atoms with Crippen molar-refractivity contribution in [2.45, 2.75) is 61.4 Å². The molecule has 0 saturated carbocycles. The standard InChI is InChI=1S/C27H30O17/c28-6-16-19(34)21(36)23(38)26(43-16)41-14-2-8(1-12(32)18(14)33)25-15(5-10-11(31)3-9(30)4-13(10)40-25)42-27-24(39)22(37)20(35)17(7-29)44-27/h1-5,16-17,19-24,26-29,34-39H,6-7H2,(H3-,30,31,32,33)/p+1/t16-,17-,19-,20-,21+,22+,23-,24-,26-,27-/m1/s1. The monoisotopic (exact) mass is 627 g/mol. The van der Waals surface area contributed by atoms with E-state index < -0.39 is 103 Å². The minimum absolute atomic E-state index is 0.0214. The van der Waals surface area contributed by atoms with Crippen LogP contribution in [0.2, 0.25) is 0 Å². The Morgan fingerprint density at radius 2 is 1.16 bits per heavy atom. The topological polar surface area (TPSA) is 291 Å². The van der Waals surface area contributed by atoms with Crippen molar-refractivity contribution in [1.29, 1.82) is 0 Å². The van der Waals surface area contributed by atoms with Gasteiger partial charge in [-0.25, -0.2) is 4.42 Å². The molecule has 12 N–H and O–H groups in total. The van der Waals surface area contributed by atoms with E-state index in [2.05, 4.69) is 0 Å². The van der Waals surface area contributed by atoms with Crippen molar-refractivity contribution < 1.29 is 84.6 Å². The lowest BCUT2D eigenvalue weighted by Crippen LogP contribution is -2.60. The number of hydrogen-bond acceptors (Lipinski definition) is 16. The second-order valence-electron chi connectivity index (χ2n) is 10.3. The fourth-order valence-electron chi connectivity index (χ4n) is 4.87. The summed E-state index contributed by atoms with van der Waals surface area (Å²) in [5, 5.41) is 122. The Morgan fingerprint density at radius 3 is 1.70 bits per heavy atom. The zero-order valence-corrected chi connectivity index (χ0v) is 22.5. The zero-order chi connectivity index (χ0) is 32.0. The van der Waals surface area contributed by atoms with E-state index in [0.29, 0.717) is 0 Å². The molecular weight excluding hydrogens is 596 g/mol. The minimum Gasteiger partial charge on any atom is -0.507 e. The number of phenols is 4. The van der Waals surface area contributed by atoms with Gasteiger partial charge in [-0.1, -0.05) is 0 Å². The number of aliphatic hydroxyl groups is 8. The molecule has 2 fully saturated rings. The van der Waals surface area contributed by atoms with E-state index in [1.807, 2.05) is 0 Å². The summed E-state index contributed by atoms with van der Waals surface area (Å²) in [5.74, 6) is -3.73. The van der Waals surface area contributed by atoms with Gasteiger partial charge in [-0.05, 0) is 0 Å². The molecule has 44 heavy (non-hydrogen) atoms. The van der Waals surface area contributed by atoms with Gasteiger partial charge in [0.05, 0.1) is 24.8 Å². The van der Waals surface area contributed by atoms with Gasteiger partial charge < -0.3 is 80.2 Å². The number of hydrogen-bond donors (Lipinski definition) is 12. The lowest BCUT2D eigenvalue weighted by Gasteiger charge is -2.39. The normalized spacial score (nSPS) is 32.5. The van der Waals surface area contributed by atoms with Crippen LogP contribution < -0.4 is 9.47 Å². The highest BCUT2D eigenvalue weighted by molar-refractivity contribution is 5.88. The molecule has 1 aromatic heterocycles. The van der Waals surface area contributed by atoms with Crippen LogP contribution in [0.5, 0.6) is 34.5 Å². The van der Waals surface area contributed by atoms with Crippen LogP contribution in [0.25, 0.3) is 22.3 Å². The van der Waals surface area contributed by atoms with E-state index >= 15 is 0 Å². The molecule has 2 aliphatic rings. The van der Waals surface area contributed by atoms with Gasteiger partial charge in [-0.15, -0.1) is 0 Å². The highest BCUT2D eigenvalue weighted by Crippen LogP contribution is 2.46. The first-order valence-corrected chi connectivity index (χ1v) is 13.2. The molecule has 17 heteroatoms. The van der Waals surface area contributed by atoms with E-state index in [1.165, 1.54) is 6.07 Å². The molecule has 0 amide bonds. The first kappa shape index (κ1) is 31.7. The summed E-state index contributed by atoms with van der Waals surface area (Å²) in [6.07, 6.45) is -17.0. The van der Waals surface area contributed by atoms with Crippen molar-refractivity contribution >= 4 is 11.0 Å². The van der Waals surface area contributed by atoms with E-state index in [-0.39, 0.29) is 28.0 Å². The Bertz CT molecular complexity index is 1500. The second kappa shape index (κ2) is 12.3. The van der Waals surface area contributed by atoms with Crippen molar-refractivity contribution in [3.63, 3.8) is 0 Å². The van der Waals surface area contributed by atoms with E-state index in [9.17, 15) is 61.3 Å². The fourth-order valence-corrected chi connectivity index (χ4v) is 4.87. The first-order chi connectivity index (χ1) is 20.8. The summed E-state index contributed by atoms with van der Waals surface area (Å²) in [6.45, 7) is -1.53. The molecule has 0 bridgehead atoms. The summed E-state index contributed by atoms with van der Waals surface area (Å²) in [7, 11) is 0. The molecule has 3 heterocycles. The highest BCUT2D eigenvalue weighted by atomic mass is 16.7. The van der Waals surface area contributed by atoms with E-state index in [1.54, 1.807) is 0 Å². The Hall–Kier alpha value is -3.75. The first-order valence-electron chi connectivity index (χ1n) is 13.2. The smallest absolute Gasteiger partial charge is 0.402 e. The Kier molecular flexibility index (Phi) is 8.87. The maximum atomic E-state index is 10.5. The number of fused-ring (bicyclic) bond motifs is 1. The van der Waals surface area contributed by atoms with Gasteiger partial charge in [-0.3, -0.25) is 0 Å². The molecule has 2 aromatic carbocycles. The number of benzene rings is 2. The Balaban J connectivity index is 1.59. The molecule has 0 aliphatic carbocycles. The van der Waals surface area contributed by atoms with E-state index in [0.717, 1.165) is 24.3 Å². The van der Waals surface area contributed by atoms with E-state index in [4.69, 9.17) is 23.4 Å². The SMILES string of the molecule is OC[C@H]1O[C@@H](Oc2cc3c(O)cc(O)cc3[o+]c2-c2cc(O)c(O)c(O[C@@H]3O[C@H](CO)[C@@H](O)[C@H](O)[C@H]3O)c2)[C@H](O)[C@@H](O)[C@@H]1O. The number of rotatable bonds is 7. The van der Waals surface area contributed by atoms with Crippen LogP contribution in [0.15, 0.2) is 34.7 Å². The number of phenolic OH excluding ortho intramolecular Hbond substituents is 4. The van der Waals surface area contributed by atoms with Crippen molar-refractivity contribution in [3.05, 3.63) is 30.3 Å². The molecule has 0 radical (unpaired) electrons. The lowest BCUT2D eigenvalue weighted by molar-refractivity contribution is -0.277. The van der Waals surface area contributed by atoms with Crippen LogP contribution in [0.4, 0.5) is 0 Å². The average molecular weight is 628 g/mol. The van der Waals surface area contributed by atoms with Gasteiger partial charge in [0, 0.05) is 24.3 Å². The molecule has 0 spiro atoms. The summed E-state index contributed by atoms with van der Waals surface area (Å²) in [4.78, 5) is 0. The third kappa shape index (κ3) is 5.73. The zero-order valence-electron chi connectivity index (χ0n) is 22.5. The molecule has 5 rings (SSSR count). The largest absolute Gasteiger partial charge is 0.507 e. The van der Waals surface area contributed by atoms with Crippen molar-refractivity contribution in [1.82, 2.24) is 0 Å². The van der Waals surface area contributed by atoms with Crippen LogP contribution in [-0.4, -0.2) is 136 Å². The van der Waals surface area contributed by atoms with Crippen molar-refractivity contribution in [3.8, 4) is 45.8 Å². The number of aliphatic hydroxyl groups excluding tert-OH is 8. The molecule has 2 aliphatic heterocycles. The minimum atomic E-state index is -1.88. The molecule has 2 saturated heterocycles. The quantitative estimate of drug-likeness (QED) is 0.0956. The summed E-state index contributed by atoms with van der Waals surface area (Å²) in [6, 6.07) is 5.34. The van der Waals surface area contributed by atoms with Gasteiger partial charge in [0.2, 0.25) is 24.1 Å². The lowest BCUT2D eigenvalue weighted by atomic mass is 9.99. The summed E-state index contributed by atoms with van der Waals surface area (Å²) < 4.78 is 27.8. The molecule has 3 aromatic rings. The highest BCUT2D eigenvalue weighted by Gasteiger charge is 2.47. The van der Waals surface area contributed by atoms with Crippen LogP contribution in [0, 0.1) is 0 Å². The van der Waals surface area contributed by atoms with Crippen LogP contribution in [0.1, 0.15) is 0 Å². The van der Waals surface area contributed by atoms with Gasteiger partial charge in [0.25, 0.3) is 0 Å². The number of ether oxygens (including phenoxy) is 4. The third-order valence-electron chi connectivity index (χ3n) is 7.32. The predicted octanol–water partition coefficient (Wildman–Crippen LogP) is -2.44. The Morgan fingerprint density at radius 1 is 0.614 bits per heavy atom. The van der Waals surface area contributed by atoms with Crippen LogP contribution >= 0.6 is 0 Å². The van der Waals surface area contributed by atoms with Crippen LogP contribution in [-0.2, 0) is 9.47 Å². The molecule has 10 atom stereocenters. The Labute approximate surface area is 246 Å². The molecular formula is C27H31O17+. The molecule has 17 nitrogen and oxygen atoms in total. The number of aromatic hydroxyl groups is 4. The summed E-state index contributed by atoms with van der Waals surface area (Å²) >= 11 is 0. The molecule has 0 unspecified atom stereocenters. The maximum Gasteiger partial charge on any atom is 0.402 e. The van der Waals surface area contributed by atoms with Crippen molar-refractivity contribution in [2.75, 3.05) is 13.2 Å². The van der Waals surface area contributed by atoms with Gasteiger partial charge in [-0.2, -0.15) is 0 Å². The third-order valence-corrected chi connectivity index (χ3v) is 7.32. The van der Waals surface area contributed by atoms with Crippen LogP contribution in [0.3, 0.4) is 0 Å². The molecule has 240 valence electrons. The maximum absolute atomic E-state index is 10.5.